The van der Waals surface area contributed by atoms with Gasteiger partial charge in [0.15, 0.2) is 18.1 Å². The number of rotatable bonds is 7. The van der Waals surface area contributed by atoms with Gasteiger partial charge < -0.3 is 9.47 Å². The molecular formula is C18H19ClN2O4. The highest BCUT2D eigenvalue weighted by Gasteiger charge is 2.10. The predicted molar refractivity (Wildman–Crippen MR) is 94.5 cm³/mol. The maximum atomic E-state index is 11.8. The summed E-state index contributed by atoms with van der Waals surface area (Å²) in [5.41, 5.74) is 5.30. The molecule has 0 bridgehead atoms. The SMILES string of the molecule is CCOc1ccccc1OCC(=O)NNC(=O)Cc1ccccc1Cl. The van der Waals surface area contributed by atoms with E-state index in [9.17, 15) is 9.59 Å². The molecular weight excluding hydrogens is 344 g/mol. The van der Waals surface area contributed by atoms with Crippen LogP contribution < -0.4 is 20.3 Å². The summed E-state index contributed by atoms with van der Waals surface area (Å²) < 4.78 is 10.8. The van der Waals surface area contributed by atoms with E-state index in [-0.39, 0.29) is 18.9 Å². The summed E-state index contributed by atoms with van der Waals surface area (Å²) >= 11 is 5.99. The number of halogens is 1. The molecule has 2 amide bonds. The average Bonchev–Trinajstić information content (AvgIpc) is 2.61. The van der Waals surface area contributed by atoms with Gasteiger partial charge in [-0.3, -0.25) is 20.4 Å². The second-order valence-electron chi connectivity index (χ2n) is 5.03. The molecule has 6 nitrogen and oxygen atoms in total. The number of ether oxygens (including phenoxy) is 2. The second-order valence-corrected chi connectivity index (χ2v) is 5.44. The van der Waals surface area contributed by atoms with Crippen molar-refractivity contribution in [2.75, 3.05) is 13.2 Å². The summed E-state index contributed by atoms with van der Waals surface area (Å²) in [5.74, 6) is 0.150. The smallest absolute Gasteiger partial charge is 0.276 e. The Kier molecular flexibility index (Phi) is 7.10. The van der Waals surface area contributed by atoms with E-state index in [1.807, 2.05) is 13.0 Å². The molecule has 2 aromatic rings. The summed E-state index contributed by atoms with van der Waals surface area (Å²) in [6.45, 7) is 2.10. The normalized spacial score (nSPS) is 10.0. The van der Waals surface area contributed by atoms with Gasteiger partial charge >= 0.3 is 0 Å². The largest absolute Gasteiger partial charge is 0.490 e. The van der Waals surface area contributed by atoms with Gasteiger partial charge in [0.05, 0.1) is 13.0 Å². The monoisotopic (exact) mass is 362 g/mol. The Balaban J connectivity index is 1.77. The molecule has 0 saturated heterocycles. The van der Waals surface area contributed by atoms with Crippen molar-refractivity contribution in [1.29, 1.82) is 0 Å². The summed E-state index contributed by atoms with van der Waals surface area (Å²) in [6.07, 6.45) is 0.0635. The van der Waals surface area contributed by atoms with E-state index in [4.69, 9.17) is 21.1 Å². The van der Waals surface area contributed by atoms with E-state index < -0.39 is 5.91 Å². The molecule has 2 rings (SSSR count). The fourth-order valence-electron chi connectivity index (χ4n) is 2.02. The van der Waals surface area contributed by atoms with Crippen molar-refractivity contribution in [1.82, 2.24) is 10.9 Å². The Labute approximate surface area is 151 Å². The first-order valence-electron chi connectivity index (χ1n) is 7.76. The molecule has 25 heavy (non-hydrogen) atoms. The van der Waals surface area contributed by atoms with Gasteiger partial charge in [-0.1, -0.05) is 41.9 Å². The Morgan fingerprint density at radius 3 is 2.20 bits per heavy atom. The van der Waals surface area contributed by atoms with Crippen LogP contribution in [-0.4, -0.2) is 25.0 Å². The lowest BCUT2D eigenvalue weighted by atomic mass is 10.1. The van der Waals surface area contributed by atoms with E-state index in [1.54, 1.807) is 42.5 Å². The zero-order valence-electron chi connectivity index (χ0n) is 13.8. The van der Waals surface area contributed by atoms with E-state index in [2.05, 4.69) is 10.9 Å². The van der Waals surface area contributed by atoms with Gasteiger partial charge in [0, 0.05) is 5.02 Å². The van der Waals surface area contributed by atoms with Crippen LogP contribution in [0.15, 0.2) is 48.5 Å². The molecule has 0 atom stereocenters. The summed E-state index contributed by atoms with van der Waals surface area (Å²) in [7, 11) is 0. The molecule has 0 fully saturated rings. The van der Waals surface area contributed by atoms with Crippen LogP contribution >= 0.6 is 11.6 Å². The first-order chi connectivity index (χ1) is 12.1. The number of hydrogen-bond donors (Lipinski definition) is 2. The van der Waals surface area contributed by atoms with Gasteiger partial charge in [0.2, 0.25) is 5.91 Å². The number of hydrogen-bond acceptors (Lipinski definition) is 4. The molecule has 7 heteroatoms. The Morgan fingerprint density at radius 2 is 1.52 bits per heavy atom. The van der Waals surface area contributed by atoms with Crippen LogP contribution in [0.3, 0.4) is 0 Å². The van der Waals surface area contributed by atoms with Crippen molar-refractivity contribution < 1.29 is 19.1 Å². The van der Waals surface area contributed by atoms with Gasteiger partial charge in [-0.25, -0.2) is 0 Å². The standard InChI is InChI=1S/C18H19ClN2O4/c1-2-24-15-9-5-6-10-16(15)25-12-18(23)21-20-17(22)11-13-7-3-4-8-14(13)19/h3-10H,2,11-12H2,1H3,(H,20,22)(H,21,23). The van der Waals surface area contributed by atoms with E-state index in [0.717, 1.165) is 0 Å². The van der Waals surface area contributed by atoms with Gasteiger partial charge in [-0.15, -0.1) is 0 Å². The summed E-state index contributed by atoms with van der Waals surface area (Å²) in [6, 6.07) is 14.1. The minimum atomic E-state index is -0.487. The lowest BCUT2D eigenvalue weighted by Gasteiger charge is -2.12. The van der Waals surface area contributed by atoms with Crippen molar-refractivity contribution in [3.63, 3.8) is 0 Å². The number of hydrazine groups is 1. The quantitative estimate of drug-likeness (QED) is 0.742. The topological polar surface area (TPSA) is 76.7 Å². The molecule has 0 spiro atoms. The first-order valence-corrected chi connectivity index (χ1v) is 8.13. The average molecular weight is 363 g/mol. The van der Waals surface area contributed by atoms with Crippen LogP contribution in [0.1, 0.15) is 12.5 Å². The highest BCUT2D eigenvalue weighted by Crippen LogP contribution is 2.26. The summed E-state index contributed by atoms with van der Waals surface area (Å²) in [4.78, 5) is 23.6. The Morgan fingerprint density at radius 1 is 0.920 bits per heavy atom. The molecule has 132 valence electrons. The second kappa shape index (κ2) is 9.54. The Bertz CT molecular complexity index is 737. The van der Waals surface area contributed by atoms with Crippen LogP contribution in [-0.2, 0) is 16.0 Å². The van der Waals surface area contributed by atoms with Crippen LogP contribution in [0.5, 0.6) is 11.5 Å². The van der Waals surface area contributed by atoms with E-state index in [0.29, 0.717) is 28.7 Å². The zero-order valence-corrected chi connectivity index (χ0v) is 14.5. The van der Waals surface area contributed by atoms with Gasteiger partial charge in [-0.05, 0) is 30.7 Å². The van der Waals surface area contributed by atoms with Crippen molar-refractivity contribution in [3.8, 4) is 11.5 Å². The molecule has 2 aromatic carbocycles. The third kappa shape index (κ3) is 6.00. The third-order valence-corrected chi connectivity index (χ3v) is 3.53. The summed E-state index contributed by atoms with van der Waals surface area (Å²) in [5, 5.41) is 0.500. The molecule has 0 unspecified atom stereocenters. The van der Waals surface area contributed by atoms with Gasteiger partial charge in [0.25, 0.3) is 5.91 Å². The highest BCUT2D eigenvalue weighted by atomic mass is 35.5. The van der Waals surface area contributed by atoms with Crippen LogP contribution in [0.25, 0.3) is 0 Å². The van der Waals surface area contributed by atoms with Crippen LogP contribution in [0.4, 0.5) is 0 Å². The van der Waals surface area contributed by atoms with Crippen molar-refractivity contribution in [2.24, 2.45) is 0 Å². The van der Waals surface area contributed by atoms with Gasteiger partial charge in [0.1, 0.15) is 0 Å². The number of para-hydroxylation sites is 2. The van der Waals surface area contributed by atoms with Gasteiger partial charge in [-0.2, -0.15) is 0 Å². The molecule has 0 heterocycles. The molecule has 0 saturated carbocycles. The number of amides is 2. The first kappa shape index (κ1) is 18.6. The zero-order chi connectivity index (χ0) is 18.1. The van der Waals surface area contributed by atoms with E-state index >= 15 is 0 Å². The number of carbonyl (C=O) groups excluding carboxylic acids is 2. The molecule has 0 aliphatic rings. The lowest BCUT2D eigenvalue weighted by molar-refractivity contribution is -0.129. The fourth-order valence-corrected chi connectivity index (χ4v) is 2.22. The predicted octanol–water partition coefficient (Wildman–Crippen LogP) is 2.51. The van der Waals surface area contributed by atoms with Crippen molar-refractivity contribution >= 4 is 23.4 Å². The Hall–Kier alpha value is -2.73. The van der Waals surface area contributed by atoms with Crippen molar-refractivity contribution in [2.45, 2.75) is 13.3 Å². The van der Waals surface area contributed by atoms with Crippen LogP contribution in [0.2, 0.25) is 5.02 Å². The third-order valence-electron chi connectivity index (χ3n) is 3.16. The fraction of sp³-hybridized carbons (Fsp3) is 0.222. The molecule has 0 radical (unpaired) electrons. The van der Waals surface area contributed by atoms with Crippen molar-refractivity contribution in [3.05, 3.63) is 59.1 Å². The van der Waals surface area contributed by atoms with E-state index in [1.165, 1.54) is 0 Å². The molecule has 0 aliphatic heterocycles. The molecule has 0 aliphatic carbocycles. The van der Waals surface area contributed by atoms with Crippen LogP contribution in [0, 0.1) is 0 Å². The minimum absolute atomic E-state index is 0.0635. The number of carbonyl (C=O) groups is 2. The minimum Gasteiger partial charge on any atom is -0.490 e. The molecule has 2 N–H and O–H groups in total. The molecule has 0 aromatic heterocycles. The maximum absolute atomic E-state index is 11.8. The number of benzene rings is 2. The maximum Gasteiger partial charge on any atom is 0.276 e. The highest BCUT2D eigenvalue weighted by molar-refractivity contribution is 6.31. The number of nitrogens with one attached hydrogen (secondary N) is 2. The lowest BCUT2D eigenvalue weighted by Crippen LogP contribution is -2.44.